The number of ether oxygens (including phenoxy) is 1. The second-order valence-electron chi connectivity index (χ2n) is 6.03. The smallest absolute Gasteiger partial charge is 0.407 e. The summed E-state index contributed by atoms with van der Waals surface area (Å²) in [6.07, 6.45) is -0.603. The summed E-state index contributed by atoms with van der Waals surface area (Å²) in [7, 11) is 0. The number of hydrogen-bond donors (Lipinski definition) is 2. The molecule has 0 spiro atoms. The second kappa shape index (κ2) is 7.11. The Morgan fingerprint density at radius 3 is 2.29 bits per heavy atom. The van der Waals surface area contributed by atoms with Gasteiger partial charge in [0.25, 0.3) is 0 Å². The van der Waals surface area contributed by atoms with Crippen molar-refractivity contribution in [1.82, 2.24) is 5.32 Å². The zero-order valence-electron chi connectivity index (χ0n) is 12.9. The number of aliphatic carboxylic acids is 1. The maximum absolute atomic E-state index is 11.6. The number of hydrogen-bond acceptors (Lipinski definition) is 3. The molecular formula is C16H23NO4. The molecule has 0 aliphatic heterocycles. The quantitative estimate of drug-likeness (QED) is 0.875. The van der Waals surface area contributed by atoms with Crippen molar-refractivity contribution >= 4 is 12.1 Å². The van der Waals surface area contributed by atoms with Crippen molar-refractivity contribution in [3.8, 4) is 0 Å². The summed E-state index contributed by atoms with van der Waals surface area (Å²) in [5, 5.41) is 11.9. The maximum atomic E-state index is 11.6. The van der Waals surface area contributed by atoms with Crippen molar-refractivity contribution in [3.63, 3.8) is 0 Å². The van der Waals surface area contributed by atoms with Crippen LogP contribution in [0.4, 0.5) is 4.79 Å². The first kappa shape index (κ1) is 17.0. The molecule has 2 unspecified atom stereocenters. The number of carbonyl (C=O) groups excluding carboxylic acids is 1. The predicted molar refractivity (Wildman–Crippen MR) is 80.2 cm³/mol. The van der Waals surface area contributed by atoms with E-state index in [9.17, 15) is 14.7 Å². The third kappa shape index (κ3) is 5.85. The van der Waals surface area contributed by atoms with Crippen LogP contribution in [0.3, 0.4) is 0 Å². The Kier molecular flexibility index (Phi) is 5.76. The molecule has 5 nitrogen and oxygen atoms in total. The van der Waals surface area contributed by atoms with Crippen LogP contribution in [0.15, 0.2) is 30.3 Å². The van der Waals surface area contributed by atoms with E-state index in [1.807, 2.05) is 37.3 Å². The van der Waals surface area contributed by atoms with Gasteiger partial charge >= 0.3 is 12.1 Å². The van der Waals surface area contributed by atoms with Gasteiger partial charge in [-0.3, -0.25) is 4.79 Å². The van der Waals surface area contributed by atoms with E-state index in [1.54, 1.807) is 20.8 Å². The summed E-state index contributed by atoms with van der Waals surface area (Å²) in [5.74, 6) is -1.86. The summed E-state index contributed by atoms with van der Waals surface area (Å²) >= 11 is 0. The topological polar surface area (TPSA) is 75.6 Å². The van der Waals surface area contributed by atoms with Crippen LogP contribution in [-0.2, 0) is 9.53 Å². The van der Waals surface area contributed by atoms with Crippen LogP contribution >= 0.6 is 0 Å². The SMILES string of the molecule is CC(c1ccccc1)C(CNC(=O)OC(C)(C)C)C(=O)O. The Hall–Kier alpha value is -2.04. The van der Waals surface area contributed by atoms with Gasteiger partial charge in [-0.25, -0.2) is 4.79 Å². The molecule has 2 atom stereocenters. The van der Waals surface area contributed by atoms with E-state index in [2.05, 4.69) is 5.32 Å². The highest BCUT2D eigenvalue weighted by Gasteiger charge is 2.27. The molecule has 0 radical (unpaired) electrons. The fourth-order valence-corrected chi connectivity index (χ4v) is 1.97. The number of carboxylic acid groups (broad SMARTS) is 1. The lowest BCUT2D eigenvalue weighted by atomic mass is 9.87. The van der Waals surface area contributed by atoms with Crippen LogP contribution in [0, 0.1) is 5.92 Å². The highest BCUT2D eigenvalue weighted by atomic mass is 16.6. The third-order valence-electron chi connectivity index (χ3n) is 3.11. The van der Waals surface area contributed by atoms with Crippen LogP contribution in [0.25, 0.3) is 0 Å². The van der Waals surface area contributed by atoms with E-state index in [-0.39, 0.29) is 12.5 Å². The van der Waals surface area contributed by atoms with E-state index < -0.39 is 23.6 Å². The number of alkyl carbamates (subject to hydrolysis) is 1. The van der Waals surface area contributed by atoms with Crippen LogP contribution in [-0.4, -0.2) is 29.3 Å². The van der Waals surface area contributed by atoms with Gasteiger partial charge in [-0.1, -0.05) is 37.3 Å². The van der Waals surface area contributed by atoms with Gasteiger partial charge in [0.1, 0.15) is 5.60 Å². The highest BCUT2D eigenvalue weighted by molar-refractivity contribution is 5.73. The highest BCUT2D eigenvalue weighted by Crippen LogP contribution is 2.24. The molecule has 0 bridgehead atoms. The van der Waals surface area contributed by atoms with Crippen molar-refractivity contribution in [2.24, 2.45) is 5.92 Å². The molecule has 1 aromatic rings. The molecule has 0 heterocycles. The minimum absolute atomic E-state index is 0.0281. The van der Waals surface area contributed by atoms with Crippen molar-refractivity contribution in [2.75, 3.05) is 6.54 Å². The van der Waals surface area contributed by atoms with Crippen LogP contribution in [0.5, 0.6) is 0 Å². The summed E-state index contributed by atoms with van der Waals surface area (Å²) in [4.78, 5) is 23.0. The van der Waals surface area contributed by atoms with Crippen molar-refractivity contribution in [1.29, 1.82) is 0 Å². The first-order chi connectivity index (χ1) is 9.70. The molecule has 0 saturated heterocycles. The number of carbonyl (C=O) groups is 2. The first-order valence-electron chi connectivity index (χ1n) is 6.95. The van der Waals surface area contributed by atoms with Gasteiger partial charge in [-0.15, -0.1) is 0 Å². The standard InChI is InChI=1S/C16H23NO4/c1-11(12-8-6-5-7-9-12)13(14(18)19)10-17-15(20)21-16(2,3)4/h5-9,11,13H,10H2,1-4H3,(H,17,20)(H,18,19). The molecule has 21 heavy (non-hydrogen) atoms. The van der Waals surface area contributed by atoms with Gasteiger partial charge in [0.15, 0.2) is 0 Å². The Bertz CT molecular complexity index is 479. The maximum Gasteiger partial charge on any atom is 0.407 e. The fourth-order valence-electron chi connectivity index (χ4n) is 1.97. The monoisotopic (exact) mass is 293 g/mol. The number of rotatable bonds is 5. The number of nitrogens with one attached hydrogen (secondary N) is 1. The average molecular weight is 293 g/mol. The van der Waals surface area contributed by atoms with E-state index in [4.69, 9.17) is 4.74 Å². The van der Waals surface area contributed by atoms with Crippen molar-refractivity contribution < 1.29 is 19.4 Å². The molecule has 1 aromatic carbocycles. The lowest BCUT2D eigenvalue weighted by Gasteiger charge is -2.23. The van der Waals surface area contributed by atoms with Gasteiger partial charge in [-0.05, 0) is 32.3 Å². The van der Waals surface area contributed by atoms with Gasteiger partial charge in [0, 0.05) is 6.54 Å². The lowest BCUT2D eigenvalue weighted by molar-refractivity contribution is -0.142. The molecule has 1 amide bonds. The van der Waals surface area contributed by atoms with E-state index in [1.165, 1.54) is 0 Å². The van der Waals surface area contributed by atoms with Crippen LogP contribution < -0.4 is 5.32 Å². The number of carboxylic acids is 1. The van der Waals surface area contributed by atoms with Gasteiger partial charge in [0.2, 0.25) is 0 Å². The molecular weight excluding hydrogens is 270 g/mol. The Balaban J connectivity index is 2.67. The zero-order chi connectivity index (χ0) is 16.0. The van der Waals surface area contributed by atoms with Crippen molar-refractivity contribution in [3.05, 3.63) is 35.9 Å². The van der Waals surface area contributed by atoms with Crippen molar-refractivity contribution in [2.45, 2.75) is 39.2 Å². The number of benzene rings is 1. The molecule has 0 aliphatic carbocycles. The molecule has 2 N–H and O–H groups in total. The first-order valence-corrected chi connectivity index (χ1v) is 6.95. The predicted octanol–water partition coefficient (Wildman–Crippen LogP) is 3.02. The third-order valence-corrected chi connectivity index (χ3v) is 3.11. The van der Waals surface area contributed by atoms with E-state index >= 15 is 0 Å². The molecule has 0 aromatic heterocycles. The zero-order valence-corrected chi connectivity index (χ0v) is 12.9. The molecule has 0 saturated carbocycles. The molecule has 0 aliphatic rings. The second-order valence-corrected chi connectivity index (χ2v) is 6.03. The summed E-state index contributed by atoms with van der Waals surface area (Å²) in [6.45, 7) is 7.14. The minimum Gasteiger partial charge on any atom is -0.481 e. The minimum atomic E-state index is -0.942. The molecule has 1 rings (SSSR count). The fraction of sp³-hybridized carbons (Fsp3) is 0.500. The lowest BCUT2D eigenvalue weighted by Crippen LogP contribution is -2.38. The summed E-state index contributed by atoms with van der Waals surface area (Å²) in [6, 6.07) is 9.38. The summed E-state index contributed by atoms with van der Waals surface area (Å²) < 4.78 is 5.11. The summed E-state index contributed by atoms with van der Waals surface area (Å²) in [5.41, 5.74) is 0.323. The van der Waals surface area contributed by atoms with Gasteiger partial charge in [-0.2, -0.15) is 0 Å². The Morgan fingerprint density at radius 1 is 1.24 bits per heavy atom. The molecule has 0 fully saturated rings. The van der Waals surface area contributed by atoms with E-state index in [0.717, 1.165) is 5.56 Å². The van der Waals surface area contributed by atoms with Gasteiger partial charge in [0.05, 0.1) is 5.92 Å². The van der Waals surface area contributed by atoms with Crippen LogP contribution in [0.2, 0.25) is 0 Å². The number of amides is 1. The van der Waals surface area contributed by atoms with Gasteiger partial charge < -0.3 is 15.2 Å². The van der Waals surface area contributed by atoms with E-state index in [0.29, 0.717) is 0 Å². The van der Waals surface area contributed by atoms with Crippen LogP contribution in [0.1, 0.15) is 39.2 Å². The Morgan fingerprint density at radius 2 is 1.81 bits per heavy atom. The Labute approximate surface area is 125 Å². The molecule has 116 valence electrons. The molecule has 5 heteroatoms. The largest absolute Gasteiger partial charge is 0.481 e. The average Bonchev–Trinajstić information content (AvgIpc) is 2.37. The normalized spacial score (nSPS) is 14.1.